The van der Waals surface area contributed by atoms with E-state index in [0.717, 1.165) is 7.11 Å². The van der Waals surface area contributed by atoms with Gasteiger partial charge in [0.05, 0.1) is 38.3 Å². The molecule has 10 heteroatoms. The highest BCUT2D eigenvalue weighted by molar-refractivity contribution is 5.76. The first kappa shape index (κ1) is 20.5. The SMILES string of the molecule is COc1cc(C=Cc2cc([N+](=O)[O-])c(OC)c([N+](=O)[O-])c2)cc(OC)c1OC. The van der Waals surface area contributed by atoms with Crippen LogP contribution in [-0.2, 0) is 0 Å². The van der Waals surface area contributed by atoms with Gasteiger partial charge in [-0.2, -0.15) is 0 Å². The second-order valence-electron chi connectivity index (χ2n) is 5.40. The summed E-state index contributed by atoms with van der Waals surface area (Å²) < 4.78 is 20.6. The third-order valence-electron chi connectivity index (χ3n) is 3.82. The van der Waals surface area contributed by atoms with Gasteiger partial charge in [0.15, 0.2) is 11.5 Å². The molecule has 2 aromatic rings. The minimum Gasteiger partial charge on any atom is -0.493 e. The van der Waals surface area contributed by atoms with Gasteiger partial charge in [0.1, 0.15) is 0 Å². The number of nitro benzene ring substituents is 2. The first-order chi connectivity index (χ1) is 13.4. The van der Waals surface area contributed by atoms with Crippen molar-refractivity contribution < 1.29 is 28.8 Å². The van der Waals surface area contributed by atoms with Gasteiger partial charge in [0, 0.05) is 12.1 Å². The van der Waals surface area contributed by atoms with Gasteiger partial charge in [-0.15, -0.1) is 0 Å². The number of rotatable bonds is 8. The third-order valence-corrected chi connectivity index (χ3v) is 3.82. The number of hydrogen-bond acceptors (Lipinski definition) is 8. The van der Waals surface area contributed by atoms with Gasteiger partial charge in [-0.25, -0.2) is 0 Å². The number of nitrogens with zero attached hydrogens (tertiary/aromatic N) is 2. The number of ether oxygens (including phenoxy) is 4. The zero-order valence-electron chi connectivity index (χ0n) is 15.6. The molecule has 0 heterocycles. The summed E-state index contributed by atoms with van der Waals surface area (Å²) in [6.07, 6.45) is 3.11. The zero-order valence-corrected chi connectivity index (χ0v) is 15.6. The maximum Gasteiger partial charge on any atom is 0.318 e. The van der Waals surface area contributed by atoms with E-state index < -0.39 is 27.0 Å². The molecule has 0 aliphatic rings. The predicted octanol–water partition coefficient (Wildman–Crippen LogP) is 3.71. The molecule has 0 saturated heterocycles. The van der Waals surface area contributed by atoms with Crippen LogP contribution in [0.25, 0.3) is 12.2 Å². The fourth-order valence-electron chi connectivity index (χ4n) is 2.59. The Balaban J connectivity index is 2.55. The summed E-state index contributed by atoms with van der Waals surface area (Å²) in [4.78, 5) is 21.0. The number of nitro groups is 2. The molecule has 2 aromatic carbocycles. The summed E-state index contributed by atoms with van der Waals surface area (Å²) in [5.74, 6) is 0.860. The minimum absolute atomic E-state index is 0.257. The highest BCUT2D eigenvalue weighted by atomic mass is 16.6. The summed E-state index contributed by atoms with van der Waals surface area (Å²) >= 11 is 0. The highest BCUT2D eigenvalue weighted by Gasteiger charge is 2.27. The van der Waals surface area contributed by atoms with Gasteiger partial charge < -0.3 is 18.9 Å². The molecule has 28 heavy (non-hydrogen) atoms. The Morgan fingerprint density at radius 3 is 1.39 bits per heavy atom. The lowest BCUT2D eigenvalue weighted by atomic mass is 10.1. The summed E-state index contributed by atoms with van der Waals surface area (Å²) in [5, 5.41) is 22.5. The van der Waals surface area contributed by atoms with Crippen LogP contribution < -0.4 is 18.9 Å². The fraction of sp³-hybridized carbons (Fsp3) is 0.222. The smallest absolute Gasteiger partial charge is 0.318 e. The molecular weight excluding hydrogens is 372 g/mol. The van der Waals surface area contributed by atoms with E-state index in [2.05, 4.69) is 0 Å². The van der Waals surface area contributed by atoms with Crippen LogP contribution in [0.4, 0.5) is 11.4 Å². The van der Waals surface area contributed by atoms with Crippen molar-refractivity contribution in [3.63, 3.8) is 0 Å². The van der Waals surface area contributed by atoms with Gasteiger partial charge >= 0.3 is 11.4 Å². The molecule has 0 aromatic heterocycles. The average Bonchev–Trinajstić information content (AvgIpc) is 2.70. The molecule has 2 rings (SSSR count). The maximum absolute atomic E-state index is 11.3. The molecule has 0 aliphatic carbocycles. The molecule has 0 aliphatic heterocycles. The van der Waals surface area contributed by atoms with E-state index in [4.69, 9.17) is 18.9 Å². The molecule has 148 valence electrons. The normalized spacial score (nSPS) is 10.6. The van der Waals surface area contributed by atoms with Crippen LogP contribution >= 0.6 is 0 Å². The largest absolute Gasteiger partial charge is 0.493 e. The Kier molecular flexibility index (Phi) is 6.38. The van der Waals surface area contributed by atoms with Crippen molar-refractivity contribution in [3.05, 3.63) is 55.6 Å². The fourth-order valence-corrected chi connectivity index (χ4v) is 2.59. The van der Waals surface area contributed by atoms with E-state index in [0.29, 0.717) is 22.8 Å². The van der Waals surface area contributed by atoms with Gasteiger partial charge in [-0.1, -0.05) is 12.2 Å². The monoisotopic (exact) mass is 390 g/mol. The summed E-state index contributed by atoms with van der Waals surface area (Å²) in [6.45, 7) is 0. The van der Waals surface area contributed by atoms with Crippen LogP contribution in [0.15, 0.2) is 24.3 Å². The van der Waals surface area contributed by atoms with Gasteiger partial charge in [-0.3, -0.25) is 20.2 Å². The van der Waals surface area contributed by atoms with Crippen molar-refractivity contribution in [2.45, 2.75) is 0 Å². The third kappa shape index (κ3) is 4.11. The first-order valence-corrected chi connectivity index (χ1v) is 7.85. The molecular formula is C18H18N2O8. The molecule has 0 saturated carbocycles. The minimum atomic E-state index is -0.734. The summed E-state index contributed by atoms with van der Waals surface area (Å²) in [7, 11) is 5.56. The van der Waals surface area contributed by atoms with Gasteiger partial charge in [0.2, 0.25) is 5.75 Å². The topological polar surface area (TPSA) is 123 Å². The molecule has 0 spiro atoms. The molecule has 0 fully saturated rings. The lowest BCUT2D eigenvalue weighted by Crippen LogP contribution is -1.99. The van der Waals surface area contributed by atoms with Crippen molar-refractivity contribution in [1.82, 2.24) is 0 Å². The second kappa shape index (κ2) is 8.71. The Hall–Kier alpha value is -3.82. The van der Waals surface area contributed by atoms with Crippen molar-refractivity contribution in [2.24, 2.45) is 0 Å². The van der Waals surface area contributed by atoms with Crippen LogP contribution in [-0.4, -0.2) is 38.3 Å². The van der Waals surface area contributed by atoms with Crippen molar-refractivity contribution in [2.75, 3.05) is 28.4 Å². The Labute approximate surface area is 160 Å². The van der Waals surface area contributed by atoms with Crippen LogP contribution in [0.2, 0.25) is 0 Å². The van der Waals surface area contributed by atoms with Crippen LogP contribution in [0.3, 0.4) is 0 Å². The number of benzene rings is 2. The lowest BCUT2D eigenvalue weighted by Gasteiger charge is -2.12. The quantitative estimate of drug-likeness (QED) is 0.380. The summed E-state index contributed by atoms with van der Waals surface area (Å²) in [5.41, 5.74) is -0.106. The van der Waals surface area contributed by atoms with Crippen molar-refractivity contribution in [1.29, 1.82) is 0 Å². The molecule has 0 N–H and O–H groups in total. The van der Waals surface area contributed by atoms with Gasteiger partial charge in [0.25, 0.3) is 5.75 Å². The molecule has 0 amide bonds. The molecule has 0 unspecified atom stereocenters. The molecule has 0 radical (unpaired) electrons. The Morgan fingerprint density at radius 1 is 0.679 bits per heavy atom. The van der Waals surface area contributed by atoms with E-state index in [1.807, 2.05) is 0 Å². The second-order valence-corrected chi connectivity index (χ2v) is 5.40. The van der Waals surface area contributed by atoms with Crippen LogP contribution in [0, 0.1) is 20.2 Å². The Bertz CT molecular complexity index is 879. The molecule has 0 bridgehead atoms. The lowest BCUT2D eigenvalue weighted by molar-refractivity contribution is -0.395. The number of hydrogen-bond donors (Lipinski definition) is 0. The molecule has 0 atom stereocenters. The number of methoxy groups -OCH3 is 4. The Morgan fingerprint density at radius 2 is 1.07 bits per heavy atom. The van der Waals surface area contributed by atoms with E-state index >= 15 is 0 Å². The predicted molar refractivity (Wildman–Crippen MR) is 101 cm³/mol. The van der Waals surface area contributed by atoms with E-state index in [9.17, 15) is 20.2 Å². The maximum atomic E-state index is 11.3. The van der Waals surface area contributed by atoms with Gasteiger partial charge in [-0.05, 0) is 23.3 Å². The van der Waals surface area contributed by atoms with Crippen LogP contribution in [0.1, 0.15) is 11.1 Å². The molecule has 10 nitrogen and oxygen atoms in total. The van der Waals surface area contributed by atoms with E-state index in [-0.39, 0.29) is 5.56 Å². The van der Waals surface area contributed by atoms with E-state index in [1.165, 1.54) is 39.5 Å². The van der Waals surface area contributed by atoms with Crippen molar-refractivity contribution >= 4 is 23.5 Å². The van der Waals surface area contributed by atoms with Crippen molar-refractivity contribution in [3.8, 4) is 23.0 Å². The summed E-state index contributed by atoms with van der Waals surface area (Å²) in [6, 6.07) is 5.73. The standard InChI is InChI=1S/C18H18N2O8/c1-25-15-9-12(10-16(26-2)18(15)28-4)6-5-11-7-13(19(21)22)17(27-3)14(8-11)20(23)24/h5-10H,1-4H3. The first-order valence-electron chi connectivity index (χ1n) is 7.85. The highest BCUT2D eigenvalue weighted by Crippen LogP contribution is 2.40. The average molecular weight is 390 g/mol. The van der Waals surface area contributed by atoms with Crippen LogP contribution in [0.5, 0.6) is 23.0 Å². The zero-order chi connectivity index (χ0) is 20.8. The van der Waals surface area contributed by atoms with E-state index in [1.54, 1.807) is 18.2 Å².